The van der Waals surface area contributed by atoms with E-state index in [4.69, 9.17) is 5.73 Å². The van der Waals surface area contributed by atoms with E-state index in [0.717, 1.165) is 24.3 Å². The molecule has 0 saturated heterocycles. The summed E-state index contributed by atoms with van der Waals surface area (Å²) in [6.45, 7) is 3.23. The average molecular weight is 290 g/mol. The highest BCUT2D eigenvalue weighted by Crippen LogP contribution is 2.20. The van der Waals surface area contributed by atoms with Crippen LogP contribution in [0.15, 0.2) is 29.1 Å². The van der Waals surface area contributed by atoms with Crippen molar-refractivity contribution in [3.05, 3.63) is 40.3 Å². The molecule has 0 spiro atoms. The minimum atomic E-state index is -0.0879. The largest absolute Gasteiger partial charge is 0.397 e. The first kappa shape index (κ1) is 14.3. The zero-order chi connectivity index (χ0) is 14.4. The molecule has 2 rings (SSSR count). The molecule has 0 atom stereocenters. The van der Waals surface area contributed by atoms with Crippen LogP contribution < -0.4 is 16.4 Å². The zero-order valence-corrected chi connectivity index (χ0v) is 12.2. The molecule has 0 unspecified atom stereocenters. The molecule has 4 N–H and O–H groups in total. The van der Waals surface area contributed by atoms with Gasteiger partial charge in [0, 0.05) is 30.5 Å². The van der Waals surface area contributed by atoms with Crippen LogP contribution in [-0.2, 0) is 6.42 Å². The fourth-order valence-electron chi connectivity index (χ4n) is 1.80. The fourth-order valence-corrected chi connectivity index (χ4v) is 2.39. The van der Waals surface area contributed by atoms with E-state index in [1.165, 1.54) is 0 Å². The maximum Gasteiger partial charge on any atom is 0.251 e. The van der Waals surface area contributed by atoms with E-state index in [0.29, 0.717) is 17.8 Å². The molecule has 20 heavy (non-hydrogen) atoms. The topological polar surface area (TPSA) is 80.0 Å². The number of nitrogen functional groups attached to an aromatic ring is 1. The van der Waals surface area contributed by atoms with Crippen molar-refractivity contribution in [1.29, 1.82) is 0 Å². The quantitative estimate of drug-likeness (QED) is 0.712. The Morgan fingerprint density at radius 3 is 3.00 bits per heavy atom. The van der Waals surface area contributed by atoms with Gasteiger partial charge in [-0.2, -0.15) is 0 Å². The Balaban J connectivity index is 1.99. The lowest BCUT2D eigenvalue weighted by Gasteiger charge is -2.10. The third-order valence-electron chi connectivity index (χ3n) is 2.83. The van der Waals surface area contributed by atoms with Crippen LogP contribution in [0.3, 0.4) is 0 Å². The fraction of sp³-hybridized carbons (Fsp3) is 0.286. The van der Waals surface area contributed by atoms with Crippen molar-refractivity contribution in [2.45, 2.75) is 13.3 Å². The molecule has 0 aliphatic heterocycles. The van der Waals surface area contributed by atoms with Gasteiger partial charge in [-0.3, -0.25) is 4.79 Å². The lowest BCUT2D eigenvalue weighted by atomic mass is 10.1. The van der Waals surface area contributed by atoms with Gasteiger partial charge in [0.1, 0.15) is 0 Å². The van der Waals surface area contributed by atoms with E-state index in [-0.39, 0.29) is 5.91 Å². The Morgan fingerprint density at radius 1 is 1.45 bits per heavy atom. The molecule has 6 heteroatoms. The highest BCUT2D eigenvalue weighted by molar-refractivity contribution is 7.07. The number of nitrogens with zero attached hydrogens (tertiary/aromatic N) is 1. The Hall–Kier alpha value is -2.08. The van der Waals surface area contributed by atoms with Crippen molar-refractivity contribution < 1.29 is 4.79 Å². The number of carbonyl (C=O) groups is 1. The van der Waals surface area contributed by atoms with Gasteiger partial charge in [-0.25, -0.2) is 4.98 Å². The third kappa shape index (κ3) is 3.71. The standard InChI is InChI=1S/C14H18N4OS/c1-2-16-14(19)10-3-4-12(15)13(7-10)17-6-5-11-8-20-9-18-11/h3-4,7-9,17H,2,5-6,15H2,1H3,(H,16,19). The van der Waals surface area contributed by atoms with Crippen LogP contribution in [-0.4, -0.2) is 24.0 Å². The van der Waals surface area contributed by atoms with Gasteiger partial charge in [-0.1, -0.05) is 0 Å². The summed E-state index contributed by atoms with van der Waals surface area (Å²) in [4.78, 5) is 16.0. The Kier molecular flexibility index (Phi) is 4.95. The van der Waals surface area contributed by atoms with Gasteiger partial charge < -0.3 is 16.4 Å². The number of hydrogen-bond acceptors (Lipinski definition) is 5. The number of benzene rings is 1. The van der Waals surface area contributed by atoms with Crippen LogP contribution in [0.5, 0.6) is 0 Å². The minimum absolute atomic E-state index is 0.0879. The summed E-state index contributed by atoms with van der Waals surface area (Å²) in [7, 11) is 0. The predicted molar refractivity (Wildman–Crippen MR) is 83.2 cm³/mol. The minimum Gasteiger partial charge on any atom is -0.397 e. The smallest absolute Gasteiger partial charge is 0.251 e. The lowest BCUT2D eigenvalue weighted by molar-refractivity contribution is 0.0956. The molecule has 0 saturated carbocycles. The van der Waals surface area contributed by atoms with Crippen LogP contribution in [0.1, 0.15) is 23.0 Å². The third-order valence-corrected chi connectivity index (χ3v) is 3.47. The van der Waals surface area contributed by atoms with Crippen molar-refractivity contribution >= 4 is 28.6 Å². The van der Waals surface area contributed by atoms with Gasteiger partial charge in [-0.05, 0) is 25.1 Å². The van der Waals surface area contributed by atoms with Crippen molar-refractivity contribution in [2.75, 3.05) is 24.1 Å². The summed E-state index contributed by atoms with van der Waals surface area (Å²) in [5, 5.41) is 8.04. The summed E-state index contributed by atoms with van der Waals surface area (Å²) in [6.07, 6.45) is 0.828. The highest BCUT2D eigenvalue weighted by Gasteiger charge is 2.07. The van der Waals surface area contributed by atoms with Gasteiger partial charge in [0.2, 0.25) is 0 Å². The average Bonchev–Trinajstić information content (AvgIpc) is 2.94. The SMILES string of the molecule is CCNC(=O)c1ccc(N)c(NCCc2cscn2)c1. The van der Waals surface area contributed by atoms with Crippen LogP contribution in [0.4, 0.5) is 11.4 Å². The van der Waals surface area contributed by atoms with Gasteiger partial charge in [0.05, 0.1) is 22.6 Å². The Bertz CT molecular complexity index is 569. The van der Waals surface area contributed by atoms with Crippen molar-refractivity contribution in [3.63, 3.8) is 0 Å². The van der Waals surface area contributed by atoms with Crippen molar-refractivity contribution in [3.8, 4) is 0 Å². The van der Waals surface area contributed by atoms with E-state index in [1.807, 2.05) is 17.8 Å². The summed E-state index contributed by atoms with van der Waals surface area (Å²) >= 11 is 1.58. The molecule has 1 aromatic heterocycles. The number of carbonyl (C=O) groups excluding carboxylic acids is 1. The van der Waals surface area contributed by atoms with Gasteiger partial charge in [-0.15, -0.1) is 11.3 Å². The van der Waals surface area contributed by atoms with E-state index in [1.54, 1.807) is 29.5 Å². The normalized spacial score (nSPS) is 10.2. The number of nitrogens with two attached hydrogens (primary N) is 1. The molecule has 1 heterocycles. The molecule has 0 bridgehead atoms. The number of hydrogen-bond donors (Lipinski definition) is 3. The highest BCUT2D eigenvalue weighted by atomic mass is 32.1. The second-order valence-electron chi connectivity index (χ2n) is 4.32. The number of anilines is 2. The first-order valence-corrected chi connectivity index (χ1v) is 7.43. The van der Waals surface area contributed by atoms with Crippen LogP contribution in [0.2, 0.25) is 0 Å². The Labute approximate surface area is 122 Å². The molecule has 0 radical (unpaired) electrons. The summed E-state index contributed by atoms with van der Waals surface area (Å²) in [5.41, 5.74) is 10.8. The molecule has 2 aromatic rings. The van der Waals surface area contributed by atoms with Crippen LogP contribution in [0, 0.1) is 0 Å². The zero-order valence-electron chi connectivity index (χ0n) is 11.3. The maximum atomic E-state index is 11.8. The Morgan fingerprint density at radius 2 is 2.30 bits per heavy atom. The van der Waals surface area contributed by atoms with Gasteiger partial charge in [0.15, 0.2) is 0 Å². The van der Waals surface area contributed by atoms with E-state index < -0.39 is 0 Å². The summed E-state index contributed by atoms with van der Waals surface area (Å²) in [6, 6.07) is 5.25. The molecular weight excluding hydrogens is 272 g/mol. The predicted octanol–water partition coefficient (Wildman–Crippen LogP) is 2.13. The van der Waals surface area contributed by atoms with E-state index in [2.05, 4.69) is 15.6 Å². The molecule has 0 aliphatic rings. The number of nitrogens with one attached hydrogen (secondary N) is 2. The number of aromatic nitrogens is 1. The molecule has 106 valence electrons. The first-order valence-electron chi connectivity index (χ1n) is 6.49. The molecular formula is C14H18N4OS. The van der Waals surface area contributed by atoms with Crippen LogP contribution in [0.25, 0.3) is 0 Å². The van der Waals surface area contributed by atoms with Crippen molar-refractivity contribution in [2.24, 2.45) is 0 Å². The maximum absolute atomic E-state index is 11.8. The van der Waals surface area contributed by atoms with Gasteiger partial charge >= 0.3 is 0 Å². The van der Waals surface area contributed by atoms with Gasteiger partial charge in [0.25, 0.3) is 5.91 Å². The number of thiazole rings is 1. The molecule has 1 aromatic carbocycles. The molecule has 0 aliphatic carbocycles. The number of amides is 1. The monoisotopic (exact) mass is 290 g/mol. The molecule has 0 fully saturated rings. The van der Waals surface area contributed by atoms with E-state index in [9.17, 15) is 4.79 Å². The second-order valence-corrected chi connectivity index (χ2v) is 5.04. The molecule has 1 amide bonds. The van der Waals surface area contributed by atoms with E-state index >= 15 is 0 Å². The first-order chi connectivity index (χ1) is 9.70. The number of rotatable bonds is 6. The van der Waals surface area contributed by atoms with Crippen LogP contribution >= 0.6 is 11.3 Å². The lowest BCUT2D eigenvalue weighted by Crippen LogP contribution is -2.22. The second kappa shape index (κ2) is 6.91. The summed E-state index contributed by atoms with van der Waals surface area (Å²) in [5.74, 6) is -0.0879. The molecule has 5 nitrogen and oxygen atoms in total. The summed E-state index contributed by atoms with van der Waals surface area (Å²) < 4.78 is 0. The van der Waals surface area contributed by atoms with Crippen molar-refractivity contribution in [1.82, 2.24) is 10.3 Å².